The van der Waals surface area contributed by atoms with Gasteiger partial charge in [0.05, 0.1) is 12.7 Å². The third kappa shape index (κ3) is 5.07. The SMILES string of the molecule is Cc1cc(O)cc(C)c1CN1CCO[C@@H](CCCc2ccccc2)C1. The first-order valence-corrected chi connectivity index (χ1v) is 9.29. The molecule has 25 heavy (non-hydrogen) atoms. The van der Waals surface area contributed by atoms with Crippen LogP contribution in [0.2, 0.25) is 0 Å². The van der Waals surface area contributed by atoms with Gasteiger partial charge in [0.15, 0.2) is 0 Å². The Hall–Kier alpha value is -1.84. The summed E-state index contributed by atoms with van der Waals surface area (Å²) in [4.78, 5) is 2.49. The molecule has 0 spiro atoms. The Balaban J connectivity index is 1.51. The van der Waals surface area contributed by atoms with Crippen LogP contribution in [-0.4, -0.2) is 35.8 Å². The zero-order valence-electron chi connectivity index (χ0n) is 15.4. The van der Waals surface area contributed by atoms with E-state index in [1.807, 2.05) is 12.1 Å². The van der Waals surface area contributed by atoms with Crippen LogP contribution in [0.25, 0.3) is 0 Å². The van der Waals surface area contributed by atoms with Gasteiger partial charge in [0.2, 0.25) is 0 Å². The lowest BCUT2D eigenvalue weighted by atomic mass is 10.0. The van der Waals surface area contributed by atoms with E-state index in [0.29, 0.717) is 11.9 Å². The van der Waals surface area contributed by atoms with Crippen molar-refractivity contribution in [3.8, 4) is 5.75 Å². The number of benzene rings is 2. The number of rotatable bonds is 6. The maximum Gasteiger partial charge on any atom is 0.116 e. The molecule has 0 amide bonds. The molecule has 1 atom stereocenters. The first-order chi connectivity index (χ1) is 12.1. The van der Waals surface area contributed by atoms with Gasteiger partial charge in [0.25, 0.3) is 0 Å². The van der Waals surface area contributed by atoms with Crippen LogP contribution in [0.1, 0.15) is 35.1 Å². The Morgan fingerprint density at radius 3 is 2.56 bits per heavy atom. The summed E-state index contributed by atoms with van der Waals surface area (Å²) in [6.07, 6.45) is 3.73. The monoisotopic (exact) mass is 339 g/mol. The van der Waals surface area contributed by atoms with E-state index >= 15 is 0 Å². The molecular formula is C22H29NO2. The minimum absolute atomic E-state index is 0.329. The number of morpholine rings is 1. The molecule has 3 nitrogen and oxygen atoms in total. The molecule has 134 valence electrons. The fourth-order valence-corrected chi connectivity index (χ4v) is 3.72. The largest absolute Gasteiger partial charge is 0.508 e. The molecule has 1 aliphatic rings. The standard InChI is InChI=1S/C22H29NO2/c1-17-13-20(24)14-18(2)22(17)16-23-11-12-25-21(15-23)10-6-9-19-7-4-3-5-8-19/h3-5,7-8,13-14,21,24H,6,9-12,15-16H2,1-2H3/t21-/m0/s1. The number of ether oxygens (including phenoxy) is 1. The zero-order valence-corrected chi connectivity index (χ0v) is 15.4. The van der Waals surface area contributed by atoms with Crippen LogP contribution in [-0.2, 0) is 17.7 Å². The van der Waals surface area contributed by atoms with Crippen molar-refractivity contribution >= 4 is 0 Å². The predicted octanol–water partition coefficient (Wildman–Crippen LogP) is 4.23. The van der Waals surface area contributed by atoms with Gasteiger partial charge in [-0.2, -0.15) is 0 Å². The lowest BCUT2D eigenvalue weighted by Gasteiger charge is -2.33. The Kier molecular flexibility index (Phi) is 6.11. The van der Waals surface area contributed by atoms with E-state index in [2.05, 4.69) is 49.1 Å². The topological polar surface area (TPSA) is 32.7 Å². The highest BCUT2D eigenvalue weighted by Crippen LogP contribution is 2.23. The molecule has 0 aliphatic carbocycles. The van der Waals surface area contributed by atoms with Crippen LogP contribution in [0, 0.1) is 13.8 Å². The van der Waals surface area contributed by atoms with Crippen molar-refractivity contribution in [2.45, 2.75) is 45.8 Å². The molecule has 2 aromatic carbocycles. The molecule has 1 aliphatic heterocycles. The van der Waals surface area contributed by atoms with Crippen molar-refractivity contribution in [3.63, 3.8) is 0 Å². The van der Waals surface area contributed by atoms with Gasteiger partial charge in [0.1, 0.15) is 5.75 Å². The number of phenols is 1. The minimum atomic E-state index is 0.329. The Labute approximate surface area is 151 Å². The molecule has 0 radical (unpaired) electrons. The first-order valence-electron chi connectivity index (χ1n) is 9.29. The van der Waals surface area contributed by atoms with Crippen LogP contribution in [0.4, 0.5) is 0 Å². The highest BCUT2D eigenvalue weighted by atomic mass is 16.5. The number of phenolic OH excluding ortho intramolecular Hbond substituents is 1. The van der Waals surface area contributed by atoms with Crippen molar-refractivity contribution in [1.82, 2.24) is 4.90 Å². The second kappa shape index (κ2) is 8.50. The number of hydrogen-bond acceptors (Lipinski definition) is 3. The Morgan fingerprint density at radius 2 is 1.84 bits per heavy atom. The van der Waals surface area contributed by atoms with E-state index in [-0.39, 0.29) is 0 Å². The van der Waals surface area contributed by atoms with Crippen molar-refractivity contribution in [2.75, 3.05) is 19.7 Å². The average molecular weight is 339 g/mol. The van der Waals surface area contributed by atoms with Crippen LogP contribution in [0.5, 0.6) is 5.75 Å². The van der Waals surface area contributed by atoms with E-state index in [1.54, 1.807) is 0 Å². The summed E-state index contributed by atoms with van der Waals surface area (Å²) in [5.41, 5.74) is 5.09. The smallest absolute Gasteiger partial charge is 0.116 e. The van der Waals surface area contributed by atoms with Crippen molar-refractivity contribution in [3.05, 3.63) is 64.7 Å². The van der Waals surface area contributed by atoms with E-state index in [0.717, 1.165) is 39.1 Å². The number of nitrogens with zero attached hydrogens (tertiary/aromatic N) is 1. The molecular weight excluding hydrogens is 310 g/mol. The quantitative estimate of drug-likeness (QED) is 0.855. The lowest BCUT2D eigenvalue weighted by Crippen LogP contribution is -2.42. The molecule has 0 bridgehead atoms. The second-order valence-electron chi connectivity index (χ2n) is 7.16. The third-order valence-electron chi connectivity index (χ3n) is 5.12. The van der Waals surface area contributed by atoms with Gasteiger partial charge in [-0.15, -0.1) is 0 Å². The molecule has 3 rings (SSSR count). The van der Waals surface area contributed by atoms with E-state index in [9.17, 15) is 5.11 Å². The van der Waals surface area contributed by atoms with Crippen LogP contribution >= 0.6 is 0 Å². The molecule has 1 N–H and O–H groups in total. The summed E-state index contributed by atoms with van der Waals surface area (Å²) in [5.74, 6) is 0.361. The molecule has 0 aromatic heterocycles. The van der Waals surface area contributed by atoms with Crippen molar-refractivity contribution < 1.29 is 9.84 Å². The third-order valence-corrected chi connectivity index (χ3v) is 5.12. The normalized spacial score (nSPS) is 18.4. The van der Waals surface area contributed by atoms with E-state index in [1.165, 1.54) is 28.7 Å². The average Bonchev–Trinajstić information content (AvgIpc) is 2.59. The molecule has 0 saturated carbocycles. The van der Waals surface area contributed by atoms with E-state index in [4.69, 9.17) is 4.74 Å². The summed E-state index contributed by atoms with van der Waals surface area (Å²) >= 11 is 0. The van der Waals surface area contributed by atoms with Gasteiger partial charge in [0, 0.05) is 19.6 Å². The molecule has 1 heterocycles. The van der Waals surface area contributed by atoms with Crippen molar-refractivity contribution in [2.24, 2.45) is 0 Å². The summed E-state index contributed by atoms with van der Waals surface area (Å²) < 4.78 is 5.98. The summed E-state index contributed by atoms with van der Waals surface area (Å²) in [6.45, 7) is 7.89. The Bertz CT molecular complexity index is 661. The maximum absolute atomic E-state index is 9.72. The van der Waals surface area contributed by atoms with Crippen LogP contribution in [0.3, 0.4) is 0 Å². The summed E-state index contributed by atoms with van der Waals surface area (Å²) in [7, 11) is 0. The molecule has 2 aromatic rings. The lowest BCUT2D eigenvalue weighted by molar-refractivity contribution is -0.0356. The van der Waals surface area contributed by atoms with Crippen LogP contribution in [0.15, 0.2) is 42.5 Å². The predicted molar refractivity (Wildman–Crippen MR) is 102 cm³/mol. The summed E-state index contributed by atoms with van der Waals surface area (Å²) in [6, 6.07) is 14.4. The number of aryl methyl sites for hydroxylation is 3. The van der Waals surface area contributed by atoms with Gasteiger partial charge in [-0.1, -0.05) is 30.3 Å². The molecule has 1 fully saturated rings. The van der Waals surface area contributed by atoms with Gasteiger partial charge >= 0.3 is 0 Å². The van der Waals surface area contributed by atoms with Gasteiger partial charge in [-0.05, 0) is 67.5 Å². The second-order valence-corrected chi connectivity index (χ2v) is 7.16. The fourth-order valence-electron chi connectivity index (χ4n) is 3.72. The highest BCUT2D eigenvalue weighted by molar-refractivity contribution is 5.40. The fraction of sp³-hybridized carbons (Fsp3) is 0.455. The van der Waals surface area contributed by atoms with Crippen LogP contribution < -0.4 is 0 Å². The van der Waals surface area contributed by atoms with Gasteiger partial charge in [-0.3, -0.25) is 4.90 Å². The number of aromatic hydroxyl groups is 1. The Morgan fingerprint density at radius 1 is 1.12 bits per heavy atom. The number of hydrogen-bond donors (Lipinski definition) is 1. The first kappa shape index (κ1) is 18.0. The van der Waals surface area contributed by atoms with E-state index < -0.39 is 0 Å². The maximum atomic E-state index is 9.72. The summed E-state index contributed by atoms with van der Waals surface area (Å²) in [5, 5.41) is 9.72. The zero-order chi connectivity index (χ0) is 17.6. The van der Waals surface area contributed by atoms with Gasteiger partial charge < -0.3 is 9.84 Å². The molecule has 1 saturated heterocycles. The minimum Gasteiger partial charge on any atom is -0.508 e. The molecule has 3 heteroatoms. The van der Waals surface area contributed by atoms with Crippen molar-refractivity contribution in [1.29, 1.82) is 0 Å². The molecule has 0 unspecified atom stereocenters. The highest BCUT2D eigenvalue weighted by Gasteiger charge is 2.21. The van der Waals surface area contributed by atoms with Gasteiger partial charge in [-0.25, -0.2) is 0 Å².